The summed E-state index contributed by atoms with van der Waals surface area (Å²) in [7, 11) is 0. The van der Waals surface area contributed by atoms with Crippen LogP contribution in [-0.2, 0) is 6.18 Å². The van der Waals surface area contributed by atoms with Crippen LogP contribution in [0.5, 0.6) is 0 Å². The number of aryl methyl sites for hydroxylation is 1. The molecule has 0 aliphatic heterocycles. The maximum Gasteiger partial charge on any atom is 0.455 e. The van der Waals surface area contributed by atoms with E-state index in [-0.39, 0.29) is 5.89 Å². The normalized spacial score (nSPS) is 11.8. The molecule has 17 heavy (non-hydrogen) atoms. The quantitative estimate of drug-likeness (QED) is 0.782. The minimum absolute atomic E-state index is 0.192. The molecule has 1 aromatic heterocycles. The highest BCUT2D eigenvalue weighted by Crippen LogP contribution is 2.30. The van der Waals surface area contributed by atoms with Gasteiger partial charge >= 0.3 is 6.18 Å². The van der Waals surface area contributed by atoms with Gasteiger partial charge in [-0.15, -0.1) is 0 Å². The summed E-state index contributed by atoms with van der Waals surface area (Å²) in [6.07, 6.45) is -4.62. The number of benzene rings is 1. The van der Waals surface area contributed by atoms with Gasteiger partial charge in [-0.3, -0.25) is 0 Å². The van der Waals surface area contributed by atoms with Crippen molar-refractivity contribution in [2.75, 3.05) is 5.73 Å². The van der Waals surface area contributed by atoms with Gasteiger partial charge in [-0.2, -0.15) is 18.2 Å². The zero-order chi connectivity index (χ0) is 12.6. The molecule has 2 rings (SSSR count). The van der Waals surface area contributed by atoms with E-state index in [0.717, 1.165) is 0 Å². The van der Waals surface area contributed by atoms with Crippen molar-refractivity contribution < 1.29 is 17.7 Å². The third-order valence-corrected chi connectivity index (χ3v) is 2.17. The van der Waals surface area contributed by atoms with Gasteiger partial charge in [0.15, 0.2) is 0 Å². The second-order valence-electron chi connectivity index (χ2n) is 3.50. The topological polar surface area (TPSA) is 64.9 Å². The van der Waals surface area contributed by atoms with Crippen LogP contribution in [0.15, 0.2) is 22.7 Å². The minimum atomic E-state index is -4.62. The molecular formula is C10H8F3N3O. The van der Waals surface area contributed by atoms with Gasteiger partial charge in [0, 0.05) is 11.3 Å². The number of halogens is 3. The lowest BCUT2D eigenvalue weighted by molar-refractivity contribution is -0.146. The van der Waals surface area contributed by atoms with Gasteiger partial charge < -0.3 is 10.3 Å². The summed E-state index contributed by atoms with van der Waals surface area (Å²) in [5.41, 5.74) is 7.06. The largest absolute Gasteiger partial charge is 0.455 e. The van der Waals surface area contributed by atoms with Crippen molar-refractivity contribution in [3.63, 3.8) is 0 Å². The number of nitrogens with two attached hydrogens (primary N) is 1. The van der Waals surface area contributed by atoms with Gasteiger partial charge in [0.25, 0.3) is 11.7 Å². The maximum absolute atomic E-state index is 12.3. The fraction of sp³-hybridized carbons (Fsp3) is 0.200. The van der Waals surface area contributed by atoms with Gasteiger partial charge in [0.2, 0.25) is 0 Å². The number of alkyl halides is 3. The van der Waals surface area contributed by atoms with E-state index in [1.165, 1.54) is 6.07 Å². The van der Waals surface area contributed by atoms with Crippen LogP contribution in [0, 0.1) is 6.92 Å². The molecule has 90 valence electrons. The highest BCUT2D eigenvalue weighted by molar-refractivity contribution is 5.63. The van der Waals surface area contributed by atoms with Crippen LogP contribution in [0.25, 0.3) is 11.5 Å². The van der Waals surface area contributed by atoms with Crippen molar-refractivity contribution in [1.29, 1.82) is 0 Å². The number of nitrogen functional groups attached to an aromatic ring is 1. The van der Waals surface area contributed by atoms with Crippen molar-refractivity contribution >= 4 is 5.69 Å². The summed E-state index contributed by atoms with van der Waals surface area (Å²) in [4.78, 5) is 3.30. The molecule has 0 radical (unpaired) electrons. The van der Waals surface area contributed by atoms with E-state index in [0.29, 0.717) is 16.8 Å². The molecular weight excluding hydrogens is 235 g/mol. The zero-order valence-electron chi connectivity index (χ0n) is 8.75. The van der Waals surface area contributed by atoms with Crippen molar-refractivity contribution in [1.82, 2.24) is 10.1 Å². The van der Waals surface area contributed by atoms with Gasteiger partial charge in [0.05, 0.1) is 0 Å². The molecule has 0 spiro atoms. The summed E-state index contributed by atoms with van der Waals surface area (Å²) in [6.45, 7) is 1.71. The molecule has 0 bridgehead atoms. The highest BCUT2D eigenvalue weighted by Gasteiger charge is 2.37. The molecule has 1 aromatic carbocycles. The third kappa shape index (κ3) is 2.22. The Bertz CT molecular complexity index is 548. The van der Waals surface area contributed by atoms with Crippen LogP contribution in [0.2, 0.25) is 0 Å². The second-order valence-corrected chi connectivity index (χ2v) is 3.50. The second kappa shape index (κ2) is 3.76. The Balaban J connectivity index is 2.47. The number of nitrogens with zero attached hydrogens (tertiary/aromatic N) is 2. The van der Waals surface area contributed by atoms with Gasteiger partial charge in [-0.1, -0.05) is 11.2 Å². The van der Waals surface area contributed by atoms with Crippen LogP contribution in [0.1, 0.15) is 11.4 Å². The molecule has 0 aliphatic carbocycles. The van der Waals surface area contributed by atoms with E-state index in [2.05, 4.69) is 14.7 Å². The summed E-state index contributed by atoms with van der Waals surface area (Å²) in [5, 5.41) is 2.88. The smallest absolute Gasteiger partial charge is 0.399 e. The first-order valence-corrected chi connectivity index (χ1v) is 4.65. The fourth-order valence-corrected chi connectivity index (χ4v) is 1.32. The van der Waals surface area contributed by atoms with Crippen molar-refractivity contribution in [3.05, 3.63) is 29.6 Å². The highest BCUT2D eigenvalue weighted by atomic mass is 19.4. The number of rotatable bonds is 1. The molecule has 4 nitrogen and oxygen atoms in total. The van der Waals surface area contributed by atoms with E-state index in [9.17, 15) is 13.2 Å². The Morgan fingerprint density at radius 3 is 2.59 bits per heavy atom. The molecule has 0 amide bonds. The number of aromatic nitrogens is 2. The number of anilines is 1. The molecule has 0 saturated carbocycles. The van der Waals surface area contributed by atoms with Crippen molar-refractivity contribution in [2.45, 2.75) is 13.1 Å². The van der Waals surface area contributed by atoms with E-state index in [4.69, 9.17) is 5.73 Å². The van der Waals surface area contributed by atoms with Crippen LogP contribution >= 0.6 is 0 Å². The van der Waals surface area contributed by atoms with Crippen LogP contribution in [-0.4, -0.2) is 10.1 Å². The SMILES string of the molecule is Cc1ccc(N)cc1-c1nc(C(F)(F)F)no1. The molecule has 7 heteroatoms. The predicted molar refractivity (Wildman–Crippen MR) is 53.9 cm³/mol. The summed E-state index contributed by atoms with van der Waals surface area (Å²) in [6, 6.07) is 4.80. The van der Waals surface area contributed by atoms with E-state index >= 15 is 0 Å². The average molecular weight is 243 g/mol. The van der Waals surface area contributed by atoms with Gasteiger partial charge in [0.1, 0.15) is 0 Å². The summed E-state index contributed by atoms with van der Waals surface area (Å²) in [5.74, 6) is -1.49. The monoisotopic (exact) mass is 243 g/mol. The Kier molecular flexibility index (Phi) is 2.53. The average Bonchev–Trinajstić information content (AvgIpc) is 2.70. The minimum Gasteiger partial charge on any atom is -0.399 e. The van der Waals surface area contributed by atoms with Crippen LogP contribution < -0.4 is 5.73 Å². The summed E-state index contributed by atoms with van der Waals surface area (Å²) >= 11 is 0. The molecule has 2 aromatic rings. The number of hydrogen-bond acceptors (Lipinski definition) is 4. The summed E-state index contributed by atoms with van der Waals surface area (Å²) < 4.78 is 41.4. The van der Waals surface area contributed by atoms with Crippen molar-refractivity contribution in [2.24, 2.45) is 0 Å². The first-order chi connectivity index (χ1) is 7.88. The zero-order valence-corrected chi connectivity index (χ0v) is 8.75. The molecule has 0 atom stereocenters. The molecule has 0 fully saturated rings. The fourth-order valence-electron chi connectivity index (χ4n) is 1.32. The van der Waals surface area contributed by atoms with E-state index in [1.54, 1.807) is 19.1 Å². The van der Waals surface area contributed by atoms with Gasteiger partial charge in [-0.25, -0.2) is 0 Å². The third-order valence-electron chi connectivity index (χ3n) is 2.17. The molecule has 0 saturated heterocycles. The molecule has 2 N–H and O–H groups in total. The van der Waals surface area contributed by atoms with Crippen LogP contribution in [0.3, 0.4) is 0 Å². The van der Waals surface area contributed by atoms with Crippen molar-refractivity contribution in [3.8, 4) is 11.5 Å². The van der Waals surface area contributed by atoms with E-state index < -0.39 is 12.0 Å². The first-order valence-electron chi connectivity index (χ1n) is 4.65. The lowest BCUT2D eigenvalue weighted by atomic mass is 10.1. The lowest BCUT2D eigenvalue weighted by Gasteiger charge is -2.01. The van der Waals surface area contributed by atoms with E-state index in [1.807, 2.05) is 0 Å². The molecule has 0 unspecified atom stereocenters. The molecule has 0 aliphatic rings. The Morgan fingerprint density at radius 1 is 1.29 bits per heavy atom. The Labute approximate surface area is 94.2 Å². The Hall–Kier alpha value is -2.05. The lowest BCUT2D eigenvalue weighted by Crippen LogP contribution is -2.07. The predicted octanol–water partition coefficient (Wildman–Crippen LogP) is 2.65. The van der Waals surface area contributed by atoms with Crippen LogP contribution in [0.4, 0.5) is 18.9 Å². The maximum atomic E-state index is 12.3. The Morgan fingerprint density at radius 2 is 2.00 bits per heavy atom. The molecule has 1 heterocycles. The standard InChI is InChI=1S/C10H8F3N3O/c1-5-2-3-6(14)4-7(5)8-15-9(16-17-8)10(11,12)13/h2-4H,14H2,1H3. The van der Waals surface area contributed by atoms with Gasteiger partial charge in [-0.05, 0) is 24.6 Å². The number of hydrogen-bond donors (Lipinski definition) is 1. The first kappa shape index (κ1) is 11.4.